The molecule has 0 bridgehead atoms. The molecule has 0 radical (unpaired) electrons. The zero-order valence-electron chi connectivity index (χ0n) is 25.7. The van der Waals surface area contributed by atoms with Crippen molar-refractivity contribution >= 4 is 29.1 Å². The average molecular weight is 604 g/mol. The number of halogens is 1. The zero-order valence-corrected chi connectivity index (χ0v) is 25.7. The summed E-state index contributed by atoms with van der Waals surface area (Å²) in [6, 6.07) is 11.9. The number of methoxy groups -OCH3 is 2. The maximum absolute atomic E-state index is 14.4. The second-order valence-electron chi connectivity index (χ2n) is 10.5. The van der Waals surface area contributed by atoms with Crippen molar-refractivity contribution in [2.45, 2.75) is 26.3 Å². The number of benzene rings is 2. The highest BCUT2D eigenvalue weighted by atomic mass is 19.1. The molecule has 10 heteroatoms. The molecule has 1 aliphatic rings. The van der Waals surface area contributed by atoms with Gasteiger partial charge in [0.05, 0.1) is 33.7 Å². The van der Waals surface area contributed by atoms with E-state index in [-0.39, 0.29) is 37.1 Å². The van der Waals surface area contributed by atoms with Gasteiger partial charge in [-0.25, -0.2) is 4.39 Å². The topological polar surface area (TPSA) is 99.2 Å². The number of hydrogen-bond donors (Lipinski definition) is 1. The Hall–Kier alpha value is -4.70. The van der Waals surface area contributed by atoms with Crippen molar-refractivity contribution < 1.29 is 32.9 Å². The highest BCUT2D eigenvalue weighted by Gasteiger charge is 2.26. The summed E-state index contributed by atoms with van der Waals surface area (Å²) in [4.78, 5) is 31.0. The fraction of sp³-hybridized carbons (Fsp3) is 0.324. The van der Waals surface area contributed by atoms with Gasteiger partial charge in [-0.1, -0.05) is 12.1 Å². The van der Waals surface area contributed by atoms with Gasteiger partial charge in [0.1, 0.15) is 12.4 Å². The van der Waals surface area contributed by atoms with Crippen molar-refractivity contribution in [1.82, 2.24) is 15.2 Å². The maximum atomic E-state index is 14.4. The normalized spacial score (nSPS) is 13.2. The Bertz CT molecular complexity index is 1530. The number of allylic oxidation sites excluding steroid dienone is 2. The largest absolute Gasteiger partial charge is 0.493 e. The van der Waals surface area contributed by atoms with Crippen LogP contribution in [-0.2, 0) is 20.9 Å². The molecule has 0 spiro atoms. The standard InChI is InChI=1S/C34H38FN3O6/c1-22-27(26-9-8-25(35)18-29(26)28(22)19-32(39)37-21-23-7-6-11-36-20-23)15-24-16-30(41-4)34(31(17-24)42-5)44-13-10-33(40)43-14-12-38(2)3/h6-9,11,15-18,20H,10,12-14,19,21H2,1-5H3,(H,37,39)/b27-15-. The number of ether oxygens (including phenoxy) is 4. The Kier molecular flexibility index (Phi) is 11.1. The lowest BCUT2D eigenvalue weighted by atomic mass is 10.00. The second-order valence-corrected chi connectivity index (χ2v) is 10.5. The molecule has 0 unspecified atom stereocenters. The first kappa shape index (κ1) is 32.2. The average Bonchev–Trinajstić information content (AvgIpc) is 3.25. The van der Waals surface area contributed by atoms with Crippen LogP contribution in [0.1, 0.15) is 42.0 Å². The Morgan fingerprint density at radius 1 is 1.02 bits per heavy atom. The third-order valence-electron chi connectivity index (χ3n) is 7.15. The van der Waals surface area contributed by atoms with E-state index >= 15 is 0 Å². The smallest absolute Gasteiger partial charge is 0.309 e. The van der Waals surface area contributed by atoms with E-state index in [9.17, 15) is 14.0 Å². The maximum Gasteiger partial charge on any atom is 0.309 e. The van der Waals surface area contributed by atoms with Crippen LogP contribution < -0.4 is 19.5 Å². The van der Waals surface area contributed by atoms with Crippen LogP contribution in [0, 0.1) is 5.82 Å². The summed E-state index contributed by atoms with van der Waals surface area (Å²) < 4.78 is 36.7. The van der Waals surface area contributed by atoms with Crippen LogP contribution in [0.3, 0.4) is 0 Å². The lowest BCUT2D eigenvalue weighted by Gasteiger charge is -2.16. The van der Waals surface area contributed by atoms with Gasteiger partial charge >= 0.3 is 5.97 Å². The van der Waals surface area contributed by atoms with Gasteiger partial charge < -0.3 is 29.2 Å². The predicted molar refractivity (Wildman–Crippen MR) is 167 cm³/mol. The molecule has 0 fully saturated rings. The van der Waals surface area contributed by atoms with Gasteiger partial charge in [-0.3, -0.25) is 14.6 Å². The van der Waals surface area contributed by atoms with Crippen molar-refractivity contribution in [2.75, 3.05) is 48.1 Å². The molecule has 0 atom stereocenters. The molecule has 4 rings (SSSR count). The molecule has 1 heterocycles. The number of aromatic nitrogens is 1. The molecule has 44 heavy (non-hydrogen) atoms. The predicted octanol–water partition coefficient (Wildman–Crippen LogP) is 5.15. The number of esters is 1. The molecule has 1 N–H and O–H groups in total. The van der Waals surface area contributed by atoms with E-state index in [1.165, 1.54) is 26.4 Å². The lowest BCUT2D eigenvalue weighted by Crippen LogP contribution is -2.22. The minimum Gasteiger partial charge on any atom is -0.493 e. The molecule has 1 aliphatic carbocycles. The molecule has 0 saturated carbocycles. The van der Waals surface area contributed by atoms with E-state index in [1.54, 1.807) is 30.6 Å². The number of carbonyl (C=O) groups is 2. The highest BCUT2D eigenvalue weighted by molar-refractivity contribution is 6.08. The van der Waals surface area contributed by atoms with Crippen LogP contribution in [-0.4, -0.2) is 69.8 Å². The SMILES string of the molecule is COc1cc(/C=C2/C(C)=C(CC(=O)NCc3cccnc3)c3cc(F)ccc32)cc(OC)c1OCCC(=O)OCCN(C)C. The van der Waals surface area contributed by atoms with Crippen molar-refractivity contribution in [2.24, 2.45) is 0 Å². The number of likely N-dealkylation sites (N-methyl/N-ethyl adjacent to an activating group) is 1. The van der Waals surface area contributed by atoms with E-state index in [4.69, 9.17) is 18.9 Å². The summed E-state index contributed by atoms with van der Waals surface area (Å²) in [5.74, 6) is 0.303. The van der Waals surface area contributed by atoms with Gasteiger partial charge in [-0.15, -0.1) is 0 Å². The fourth-order valence-corrected chi connectivity index (χ4v) is 4.85. The van der Waals surface area contributed by atoms with Gasteiger partial charge in [-0.05, 0) is 96.4 Å². The second kappa shape index (κ2) is 15.2. The van der Waals surface area contributed by atoms with E-state index in [1.807, 2.05) is 44.1 Å². The third-order valence-corrected chi connectivity index (χ3v) is 7.15. The number of amides is 1. The molecule has 1 aromatic heterocycles. The van der Waals surface area contributed by atoms with Crippen molar-refractivity contribution in [3.05, 3.63) is 88.5 Å². The fourth-order valence-electron chi connectivity index (χ4n) is 4.85. The Morgan fingerprint density at radius 2 is 1.77 bits per heavy atom. The number of nitrogens with one attached hydrogen (secondary N) is 1. The summed E-state index contributed by atoms with van der Waals surface area (Å²) in [5, 5.41) is 2.93. The van der Waals surface area contributed by atoms with Crippen molar-refractivity contribution in [3.63, 3.8) is 0 Å². The summed E-state index contributed by atoms with van der Waals surface area (Å²) >= 11 is 0. The Morgan fingerprint density at radius 3 is 2.43 bits per heavy atom. The number of rotatable bonds is 14. The number of hydrogen-bond acceptors (Lipinski definition) is 8. The minimum atomic E-state index is -0.377. The van der Waals surface area contributed by atoms with Crippen molar-refractivity contribution in [3.8, 4) is 17.2 Å². The van der Waals surface area contributed by atoms with E-state index < -0.39 is 0 Å². The van der Waals surface area contributed by atoms with Crippen LogP contribution in [0.15, 0.2) is 60.4 Å². The molecule has 232 valence electrons. The highest BCUT2D eigenvalue weighted by Crippen LogP contribution is 2.45. The summed E-state index contributed by atoms with van der Waals surface area (Å²) in [7, 11) is 6.86. The quantitative estimate of drug-likeness (QED) is 0.253. The Labute approximate surface area is 257 Å². The Balaban J connectivity index is 1.55. The molecule has 0 aliphatic heterocycles. The summed E-state index contributed by atoms with van der Waals surface area (Å²) in [6.07, 6.45) is 5.49. The van der Waals surface area contributed by atoms with Crippen LogP contribution >= 0.6 is 0 Å². The minimum absolute atomic E-state index is 0.0709. The van der Waals surface area contributed by atoms with Gasteiger partial charge in [0.2, 0.25) is 11.7 Å². The molecule has 2 aromatic carbocycles. The number of fused-ring (bicyclic) bond motifs is 1. The molecule has 1 amide bonds. The van der Waals surface area contributed by atoms with Crippen LogP contribution in [0.2, 0.25) is 0 Å². The van der Waals surface area contributed by atoms with Gasteiger partial charge in [0.15, 0.2) is 11.5 Å². The number of carbonyl (C=O) groups excluding carboxylic acids is 2. The van der Waals surface area contributed by atoms with E-state index in [2.05, 4.69) is 10.3 Å². The third kappa shape index (κ3) is 8.23. The van der Waals surface area contributed by atoms with Gasteiger partial charge in [0.25, 0.3) is 0 Å². The molecular formula is C34H38FN3O6. The van der Waals surface area contributed by atoms with E-state index in [0.29, 0.717) is 42.5 Å². The number of pyridine rings is 1. The first-order chi connectivity index (χ1) is 21.2. The summed E-state index contributed by atoms with van der Waals surface area (Å²) in [6.45, 7) is 3.31. The molecule has 3 aromatic rings. The van der Waals surface area contributed by atoms with Gasteiger partial charge in [0, 0.05) is 25.5 Å². The summed E-state index contributed by atoms with van der Waals surface area (Å²) in [5.41, 5.74) is 5.63. The van der Waals surface area contributed by atoms with Crippen LogP contribution in [0.5, 0.6) is 17.2 Å². The molecular weight excluding hydrogens is 565 g/mol. The van der Waals surface area contributed by atoms with Crippen LogP contribution in [0.25, 0.3) is 17.2 Å². The molecule has 0 saturated heterocycles. The number of nitrogens with zero attached hydrogens (tertiary/aromatic N) is 2. The van der Waals surface area contributed by atoms with Gasteiger partial charge in [-0.2, -0.15) is 0 Å². The molecule has 9 nitrogen and oxygen atoms in total. The zero-order chi connectivity index (χ0) is 31.6. The monoisotopic (exact) mass is 603 g/mol. The first-order valence-electron chi connectivity index (χ1n) is 14.3. The lowest BCUT2D eigenvalue weighted by molar-refractivity contribution is -0.144. The van der Waals surface area contributed by atoms with Crippen molar-refractivity contribution in [1.29, 1.82) is 0 Å². The van der Waals surface area contributed by atoms with E-state index in [0.717, 1.165) is 33.4 Å². The first-order valence-corrected chi connectivity index (χ1v) is 14.3. The van der Waals surface area contributed by atoms with Crippen LogP contribution in [0.4, 0.5) is 4.39 Å².